The first-order valence-corrected chi connectivity index (χ1v) is 8.16. The van der Waals surface area contributed by atoms with Gasteiger partial charge in [0.05, 0.1) is 11.8 Å². The van der Waals surface area contributed by atoms with Crippen LogP contribution in [0.3, 0.4) is 0 Å². The molecule has 1 saturated carbocycles. The van der Waals surface area contributed by atoms with E-state index in [9.17, 15) is 9.59 Å². The third kappa shape index (κ3) is 4.96. The molecule has 138 valence electrons. The number of hydrogen-bond donors (Lipinski definition) is 5. The summed E-state index contributed by atoms with van der Waals surface area (Å²) in [7, 11) is 0. The number of hydrazone groups is 1. The van der Waals surface area contributed by atoms with Crippen molar-refractivity contribution in [1.82, 2.24) is 15.6 Å². The monoisotopic (exact) mass is 357 g/mol. The molecule has 1 aliphatic rings. The number of rotatable bonds is 9. The summed E-state index contributed by atoms with van der Waals surface area (Å²) in [5.41, 5.74) is 8.32. The van der Waals surface area contributed by atoms with Crippen LogP contribution >= 0.6 is 0 Å². The average molecular weight is 357 g/mol. The molecule has 1 aromatic heterocycles. The van der Waals surface area contributed by atoms with Crippen LogP contribution in [-0.4, -0.2) is 40.8 Å². The van der Waals surface area contributed by atoms with Crippen LogP contribution < -0.4 is 21.8 Å². The molecule has 1 aliphatic carbocycles. The van der Waals surface area contributed by atoms with Crippen molar-refractivity contribution in [3.63, 3.8) is 0 Å². The highest BCUT2D eigenvalue weighted by Crippen LogP contribution is 2.40. The van der Waals surface area contributed by atoms with Crippen molar-refractivity contribution in [2.45, 2.75) is 25.3 Å². The van der Waals surface area contributed by atoms with E-state index in [2.05, 4.69) is 32.7 Å². The van der Waals surface area contributed by atoms with Gasteiger partial charge >= 0.3 is 0 Å². The number of anilines is 1. The van der Waals surface area contributed by atoms with Crippen molar-refractivity contribution in [2.24, 2.45) is 16.8 Å². The summed E-state index contributed by atoms with van der Waals surface area (Å²) in [4.78, 5) is 27.6. The lowest BCUT2D eigenvalue weighted by Gasteiger charge is -2.32. The Bertz CT molecular complexity index is 728. The molecule has 26 heavy (non-hydrogen) atoms. The fourth-order valence-electron chi connectivity index (χ4n) is 2.44. The molecule has 0 radical (unpaired) electrons. The SMILES string of the molecule is C=C(NC(C)=O)C(N)(CNC(=O)/C(C=N)=N/Nc1ccccn1)C1CC1. The standard InChI is InChI=1S/C17H23N7O2/c1-11(22-12(2)25)17(19,13-6-7-13)10-21-16(26)14(9-18)23-24-15-5-3-4-8-20-15/h3-5,8-9,13,18H,1,6-7,10,19H2,2H3,(H,20,24)(H,21,26)(H,22,25)/b18-9?,23-14+. The normalized spacial score (nSPS) is 16.2. The summed E-state index contributed by atoms with van der Waals surface area (Å²) in [6, 6.07) is 5.19. The molecule has 0 saturated heterocycles. The largest absolute Gasteiger partial charge is 0.348 e. The Hall–Kier alpha value is -3.07. The molecular weight excluding hydrogens is 334 g/mol. The van der Waals surface area contributed by atoms with Gasteiger partial charge in [-0.15, -0.1) is 0 Å². The number of pyridine rings is 1. The first kappa shape index (κ1) is 19.3. The molecule has 0 aliphatic heterocycles. The minimum Gasteiger partial charge on any atom is -0.348 e. The Labute approximate surface area is 151 Å². The molecule has 2 amide bonds. The summed E-state index contributed by atoms with van der Waals surface area (Å²) >= 11 is 0. The number of nitrogens with zero attached hydrogens (tertiary/aromatic N) is 2. The first-order valence-electron chi connectivity index (χ1n) is 8.16. The quantitative estimate of drug-likeness (QED) is 0.320. The van der Waals surface area contributed by atoms with E-state index in [-0.39, 0.29) is 24.1 Å². The molecule has 1 heterocycles. The fraction of sp³-hybridized carbons (Fsp3) is 0.353. The number of aromatic nitrogens is 1. The van der Waals surface area contributed by atoms with Crippen molar-refractivity contribution in [3.8, 4) is 0 Å². The van der Waals surface area contributed by atoms with E-state index in [0.29, 0.717) is 11.5 Å². The van der Waals surface area contributed by atoms with Gasteiger partial charge in [-0.2, -0.15) is 5.10 Å². The van der Waals surface area contributed by atoms with Crippen molar-refractivity contribution in [2.75, 3.05) is 12.0 Å². The van der Waals surface area contributed by atoms with Crippen LogP contribution in [0.25, 0.3) is 0 Å². The smallest absolute Gasteiger partial charge is 0.273 e. The average Bonchev–Trinajstić information content (AvgIpc) is 3.46. The van der Waals surface area contributed by atoms with E-state index in [4.69, 9.17) is 11.1 Å². The van der Waals surface area contributed by atoms with E-state index in [0.717, 1.165) is 19.1 Å². The zero-order chi connectivity index (χ0) is 19.2. The Morgan fingerprint density at radius 2 is 2.23 bits per heavy atom. The van der Waals surface area contributed by atoms with Crippen molar-refractivity contribution < 1.29 is 9.59 Å². The van der Waals surface area contributed by atoms with Crippen LogP contribution in [0.5, 0.6) is 0 Å². The van der Waals surface area contributed by atoms with Crippen LogP contribution in [-0.2, 0) is 9.59 Å². The maximum absolute atomic E-state index is 12.3. The zero-order valence-electron chi connectivity index (χ0n) is 14.6. The van der Waals surface area contributed by atoms with Crippen LogP contribution in [0, 0.1) is 11.3 Å². The second-order valence-electron chi connectivity index (χ2n) is 6.13. The Balaban J connectivity index is 2.00. The molecule has 1 unspecified atom stereocenters. The lowest BCUT2D eigenvalue weighted by Crippen LogP contribution is -2.57. The number of nitrogens with one attached hydrogen (secondary N) is 4. The summed E-state index contributed by atoms with van der Waals surface area (Å²) in [6.07, 6.45) is 4.22. The van der Waals surface area contributed by atoms with E-state index in [1.807, 2.05) is 0 Å². The van der Waals surface area contributed by atoms with Gasteiger partial charge in [-0.1, -0.05) is 12.6 Å². The van der Waals surface area contributed by atoms with Gasteiger partial charge in [-0.25, -0.2) is 4.98 Å². The summed E-state index contributed by atoms with van der Waals surface area (Å²) in [5, 5.41) is 16.5. The highest BCUT2D eigenvalue weighted by Gasteiger charge is 2.45. The second kappa shape index (κ2) is 8.34. The summed E-state index contributed by atoms with van der Waals surface area (Å²) in [5.74, 6) is -0.244. The lowest BCUT2D eigenvalue weighted by atomic mass is 9.90. The topological polar surface area (TPSA) is 145 Å². The molecule has 1 atom stereocenters. The highest BCUT2D eigenvalue weighted by molar-refractivity contribution is 6.60. The maximum Gasteiger partial charge on any atom is 0.273 e. The van der Waals surface area contributed by atoms with Crippen LogP contribution in [0.1, 0.15) is 19.8 Å². The minimum absolute atomic E-state index is 0.0755. The third-order valence-corrected chi connectivity index (χ3v) is 4.06. The van der Waals surface area contributed by atoms with Crippen LogP contribution in [0.15, 0.2) is 41.8 Å². The summed E-state index contributed by atoms with van der Waals surface area (Å²) < 4.78 is 0. The first-order chi connectivity index (χ1) is 12.4. The Kier molecular flexibility index (Phi) is 6.18. The molecule has 1 fully saturated rings. The summed E-state index contributed by atoms with van der Waals surface area (Å²) in [6.45, 7) is 5.29. The number of amides is 2. The number of carbonyl (C=O) groups is 2. The molecule has 0 bridgehead atoms. The zero-order valence-corrected chi connectivity index (χ0v) is 14.6. The van der Waals surface area contributed by atoms with Gasteiger partial charge in [0.1, 0.15) is 5.82 Å². The molecule has 1 aromatic rings. The predicted molar refractivity (Wildman–Crippen MR) is 99.7 cm³/mol. The van der Waals surface area contributed by atoms with Gasteiger partial charge in [-0.05, 0) is 30.9 Å². The van der Waals surface area contributed by atoms with E-state index < -0.39 is 11.4 Å². The van der Waals surface area contributed by atoms with E-state index >= 15 is 0 Å². The molecule has 9 heteroatoms. The van der Waals surface area contributed by atoms with E-state index in [1.165, 1.54) is 6.92 Å². The maximum atomic E-state index is 12.3. The van der Waals surface area contributed by atoms with Crippen LogP contribution in [0.4, 0.5) is 5.82 Å². The van der Waals surface area contributed by atoms with Gasteiger partial charge in [0.15, 0.2) is 5.71 Å². The van der Waals surface area contributed by atoms with Crippen molar-refractivity contribution >= 4 is 29.6 Å². The number of nitrogens with two attached hydrogens (primary N) is 1. The Morgan fingerprint density at radius 1 is 1.50 bits per heavy atom. The molecule has 0 aromatic carbocycles. The second-order valence-corrected chi connectivity index (χ2v) is 6.13. The van der Waals surface area contributed by atoms with Crippen LogP contribution in [0.2, 0.25) is 0 Å². The number of hydrogen-bond acceptors (Lipinski definition) is 7. The molecule has 9 nitrogen and oxygen atoms in total. The van der Waals surface area contributed by atoms with Gasteiger partial charge in [-0.3, -0.25) is 15.0 Å². The fourth-order valence-corrected chi connectivity index (χ4v) is 2.44. The van der Waals surface area contributed by atoms with Gasteiger partial charge in [0.2, 0.25) is 5.91 Å². The van der Waals surface area contributed by atoms with Crippen molar-refractivity contribution in [1.29, 1.82) is 5.41 Å². The predicted octanol–water partition coefficient (Wildman–Crippen LogP) is 0.373. The van der Waals surface area contributed by atoms with Gasteiger partial charge in [0, 0.05) is 25.4 Å². The lowest BCUT2D eigenvalue weighted by molar-refractivity contribution is -0.118. The van der Waals surface area contributed by atoms with Gasteiger partial charge in [0.25, 0.3) is 5.91 Å². The minimum atomic E-state index is -0.942. The Morgan fingerprint density at radius 3 is 2.77 bits per heavy atom. The van der Waals surface area contributed by atoms with E-state index in [1.54, 1.807) is 24.4 Å². The highest BCUT2D eigenvalue weighted by atomic mass is 16.2. The molecule has 0 spiro atoms. The molecule has 2 rings (SSSR count). The molecule has 6 N–H and O–H groups in total. The third-order valence-electron chi connectivity index (χ3n) is 4.06. The molecular formula is C17H23N7O2. The number of carbonyl (C=O) groups excluding carboxylic acids is 2. The van der Waals surface area contributed by atoms with Crippen molar-refractivity contribution in [3.05, 3.63) is 36.7 Å². The van der Waals surface area contributed by atoms with Gasteiger partial charge < -0.3 is 21.8 Å².